The highest BCUT2D eigenvalue weighted by atomic mass is 15.0. The summed E-state index contributed by atoms with van der Waals surface area (Å²) in [4.78, 5) is 10.1. The zero-order chi connectivity index (χ0) is 35.6. The highest BCUT2D eigenvalue weighted by Gasteiger charge is 2.21. The van der Waals surface area contributed by atoms with Crippen LogP contribution in [0, 0.1) is 0 Å². The first-order valence-electron chi connectivity index (χ1n) is 18.3. The van der Waals surface area contributed by atoms with Crippen LogP contribution < -0.4 is 0 Å². The molecule has 0 amide bonds. The molecule has 11 aromatic rings. The van der Waals surface area contributed by atoms with E-state index in [1.165, 1.54) is 43.7 Å². The second-order valence-corrected chi connectivity index (χ2v) is 13.8. The highest BCUT2D eigenvalue weighted by molar-refractivity contribution is 6.26. The van der Waals surface area contributed by atoms with Gasteiger partial charge in [0.05, 0.1) is 33.3 Å². The molecule has 8 aromatic carbocycles. The van der Waals surface area contributed by atoms with Gasteiger partial charge in [-0.1, -0.05) is 133 Å². The Labute approximate surface area is 311 Å². The molecule has 3 aromatic heterocycles. The Balaban J connectivity index is 1.10. The Bertz CT molecular complexity index is 3170. The number of benzene rings is 8. The van der Waals surface area contributed by atoms with Gasteiger partial charge in [0.2, 0.25) is 0 Å². The molecule has 0 spiro atoms. The van der Waals surface area contributed by atoms with Crippen molar-refractivity contribution in [2.75, 3.05) is 0 Å². The van der Waals surface area contributed by atoms with Gasteiger partial charge in [-0.25, -0.2) is 9.97 Å². The van der Waals surface area contributed by atoms with Crippen molar-refractivity contribution in [2.24, 2.45) is 0 Å². The van der Waals surface area contributed by atoms with E-state index in [0.717, 1.165) is 50.1 Å². The molecule has 0 aliphatic carbocycles. The van der Waals surface area contributed by atoms with Crippen molar-refractivity contribution in [3.05, 3.63) is 194 Å². The van der Waals surface area contributed by atoms with Crippen LogP contribution in [-0.2, 0) is 0 Å². The van der Waals surface area contributed by atoms with Crippen LogP contribution in [0.3, 0.4) is 0 Å². The second-order valence-electron chi connectivity index (χ2n) is 13.8. The summed E-state index contributed by atoms with van der Waals surface area (Å²) in [5.41, 5.74) is 13.3. The lowest BCUT2D eigenvalue weighted by atomic mass is 10.1. The molecule has 0 aliphatic heterocycles. The Morgan fingerprint density at radius 1 is 0.315 bits per heavy atom. The zero-order valence-corrected chi connectivity index (χ0v) is 29.3. The minimum absolute atomic E-state index is 0.714. The average molecular weight is 689 g/mol. The third kappa shape index (κ3) is 4.70. The minimum Gasteiger partial charge on any atom is -0.309 e. The first-order valence-corrected chi connectivity index (χ1v) is 18.3. The van der Waals surface area contributed by atoms with E-state index in [4.69, 9.17) is 9.97 Å². The molecule has 0 saturated carbocycles. The van der Waals surface area contributed by atoms with Crippen molar-refractivity contribution < 1.29 is 0 Å². The van der Waals surface area contributed by atoms with Crippen LogP contribution in [0.4, 0.5) is 0 Å². The summed E-state index contributed by atoms with van der Waals surface area (Å²) in [6.45, 7) is 0. The Morgan fingerprint density at radius 3 is 1.57 bits per heavy atom. The topological polar surface area (TPSA) is 35.6 Å². The molecule has 4 nitrogen and oxygen atoms in total. The van der Waals surface area contributed by atoms with Crippen molar-refractivity contribution in [3.63, 3.8) is 0 Å². The Kier molecular flexibility index (Phi) is 6.82. The number of para-hydroxylation sites is 3. The molecule has 4 heteroatoms. The summed E-state index contributed by atoms with van der Waals surface area (Å²) in [6.07, 6.45) is 0. The van der Waals surface area contributed by atoms with E-state index >= 15 is 0 Å². The summed E-state index contributed by atoms with van der Waals surface area (Å²) in [5.74, 6) is 0.714. The largest absolute Gasteiger partial charge is 0.309 e. The number of aromatic nitrogens is 4. The number of nitrogens with zero attached hydrogens (tertiary/aromatic N) is 4. The molecule has 0 aliphatic rings. The van der Waals surface area contributed by atoms with Crippen LogP contribution in [-0.4, -0.2) is 19.1 Å². The van der Waals surface area contributed by atoms with Gasteiger partial charge in [-0.05, 0) is 71.8 Å². The normalized spacial score (nSPS) is 11.7. The Hall–Kier alpha value is -7.30. The van der Waals surface area contributed by atoms with Gasteiger partial charge in [0.25, 0.3) is 0 Å². The molecular weight excluding hydrogens is 657 g/mol. The smallest absolute Gasteiger partial charge is 0.160 e. The lowest BCUT2D eigenvalue weighted by Gasteiger charge is -2.12. The fourth-order valence-corrected chi connectivity index (χ4v) is 8.27. The molecule has 0 N–H and O–H groups in total. The SMILES string of the molecule is c1ccc(-c2ccc(-n3c4ccccc4c4ccc5c(c6ccccc6n5-c5ccc(-c6nc(-c7ccccc7)c7ccccc7n6)cc5)c43)cc2)cc1. The zero-order valence-electron chi connectivity index (χ0n) is 29.3. The van der Waals surface area contributed by atoms with Gasteiger partial charge in [0.15, 0.2) is 5.82 Å². The molecule has 0 bridgehead atoms. The molecule has 0 saturated heterocycles. The van der Waals surface area contributed by atoms with Crippen molar-refractivity contribution in [2.45, 2.75) is 0 Å². The summed E-state index contributed by atoms with van der Waals surface area (Å²) in [7, 11) is 0. The lowest BCUT2D eigenvalue weighted by Crippen LogP contribution is -1.97. The van der Waals surface area contributed by atoms with Crippen molar-refractivity contribution in [3.8, 4) is 45.1 Å². The van der Waals surface area contributed by atoms with E-state index in [1.54, 1.807) is 0 Å². The van der Waals surface area contributed by atoms with Gasteiger partial charge in [-0.15, -0.1) is 0 Å². The van der Waals surface area contributed by atoms with Crippen LogP contribution in [0.1, 0.15) is 0 Å². The summed E-state index contributed by atoms with van der Waals surface area (Å²) >= 11 is 0. The molecule has 0 atom stereocenters. The number of fused-ring (bicyclic) bond motifs is 8. The quantitative estimate of drug-likeness (QED) is 0.180. The molecule has 54 heavy (non-hydrogen) atoms. The molecular formula is C50H32N4. The van der Waals surface area contributed by atoms with E-state index in [-0.39, 0.29) is 0 Å². The predicted molar refractivity (Wildman–Crippen MR) is 225 cm³/mol. The molecule has 0 radical (unpaired) electrons. The van der Waals surface area contributed by atoms with Gasteiger partial charge in [-0.3, -0.25) is 0 Å². The van der Waals surface area contributed by atoms with Crippen LogP contribution in [0.2, 0.25) is 0 Å². The Morgan fingerprint density at radius 2 is 0.852 bits per heavy atom. The number of hydrogen-bond donors (Lipinski definition) is 0. The summed E-state index contributed by atoms with van der Waals surface area (Å²) in [6, 6.07) is 69.0. The number of hydrogen-bond acceptors (Lipinski definition) is 2. The maximum Gasteiger partial charge on any atom is 0.160 e. The van der Waals surface area contributed by atoms with Gasteiger partial charge in [0.1, 0.15) is 0 Å². The van der Waals surface area contributed by atoms with Gasteiger partial charge < -0.3 is 9.13 Å². The first kappa shape index (κ1) is 30.3. The average Bonchev–Trinajstić information content (AvgIpc) is 3.77. The number of rotatable bonds is 5. The third-order valence-corrected chi connectivity index (χ3v) is 10.7. The first-order chi connectivity index (χ1) is 26.8. The molecule has 252 valence electrons. The van der Waals surface area contributed by atoms with E-state index in [1.807, 2.05) is 18.2 Å². The van der Waals surface area contributed by atoms with E-state index in [9.17, 15) is 0 Å². The third-order valence-electron chi connectivity index (χ3n) is 10.7. The monoisotopic (exact) mass is 688 g/mol. The molecule has 11 rings (SSSR count). The van der Waals surface area contributed by atoms with Crippen LogP contribution >= 0.6 is 0 Å². The van der Waals surface area contributed by atoms with Gasteiger partial charge in [0, 0.05) is 49.4 Å². The van der Waals surface area contributed by atoms with E-state index < -0.39 is 0 Å². The van der Waals surface area contributed by atoms with Crippen molar-refractivity contribution in [1.82, 2.24) is 19.1 Å². The fourth-order valence-electron chi connectivity index (χ4n) is 8.27. The molecule has 0 fully saturated rings. The van der Waals surface area contributed by atoms with Gasteiger partial charge in [-0.2, -0.15) is 0 Å². The second kappa shape index (κ2) is 12.1. The standard InChI is InChI=1S/C50H32N4/c1-3-13-33(14-4-1)34-23-27-38(28-24-34)54-44-21-11-8-17-39(44)40-31-32-46-47(49(40)54)42-19-9-12-22-45(42)53(46)37-29-25-36(26-30-37)50-51-43-20-10-7-18-41(43)48(52-50)35-15-5-2-6-16-35/h1-32H. The van der Waals surface area contributed by atoms with Crippen molar-refractivity contribution in [1.29, 1.82) is 0 Å². The van der Waals surface area contributed by atoms with E-state index in [2.05, 4.69) is 185 Å². The summed E-state index contributed by atoms with van der Waals surface area (Å²) in [5, 5.41) is 5.99. The highest BCUT2D eigenvalue weighted by Crippen LogP contribution is 2.42. The van der Waals surface area contributed by atoms with Crippen LogP contribution in [0.5, 0.6) is 0 Å². The lowest BCUT2D eigenvalue weighted by molar-refractivity contribution is 1.17. The molecule has 0 unspecified atom stereocenters. The summed E-state index contributed by atoms with van der Waals surface area (Å²) < 4.78 is 4.84. The van der Waals surface area contributed by atoms with Gasteiger partial charge >= 0.3 is 0 Å². The predicted octanol–water partition coefficient (Wildman–Crippen LogP) is 12.8. The van der Waals surface area contributed by atoms with Crippen LogP contribution in [0.25, 0.3) is 99.7 Å². The van der Waals surface area contributed by atoms with Crippen molar-refractivity contribution >= 4 is 54.5 Å². The maximum absolute atomic E-state index is 5.13. The molecule has 3 heterocycles. The van der Waals surface area contributed by atoms with Crippen LogP contribution in [0.15, 0.2) is 194 Å². The fraction of sp³-hybridized carbons (Fsp3) is 0. The minimum atomic E-state index is 0.714. The van der Waals surface area contributed by atoms with E-state index in [0.29, 0.717) is 5.82 Å². The maximum atomic E-state index is 5.13.